The minimum absolute atomic E-state index is 0.110. The van der Waals surface area contributed by atoms with Gasteiger partial charge in [-0.2, -0.15) is 5.26 Å². The molecule has 0 aromatic heterocycles. The highest BCUT2D eigenvalue weighted by molar-refractivity contribution is 6.30. The van der Waals surface area contributed by atoms with Gasteiger partial charge in [-0.1, -0.05) is 11.6 Å². The van der Waals surface area contributed by atoms with Gasteiger partial charge in [0.2, 0.25) is 0 Å². The van der Waals surface area contributed by atoms with E-state index in [1.165, 1.54) is 0 Å². The van der Waals surface area contributed by atoms with Crippen LogP contribution in [0.1, 0.15) is 11.1 Å². The van der Waals surface area contributed by atoms with Crippen LogP contribution in [0.5, 0.6) is 5.75 Å². The number of ether oxygens (including phenoxy) is 1. The van der Waals surface area contributed by atoms with E-state index in [-0.39, 0.29) is 6.10 Å². The molecule has 20 heavy (non-hydrogen) atoms. The maximum Gasteiger partial charge on any atom is 0.123 e. The summed E-state index contributed by atoms with van der Waals surface area (Å²) >= 11 is 5.98. The summed E-state index contributed by atoms with van der Waals surface area (Å²) in [7, 11) is 0. The lowest BCUT2D eigenvalue weighted by Gasteiger charge is -2.12. The van der Waals surface area contributed by atoms with Crippen molar-refractivity contribution in [2.24, 2.45) is 0 Å². The third-order valence-electron chi connectivity index (χ3n) is 3.31. The van der Waals surface area contributed by atoms with E-state index in [0.717, 1.165) is 35.0 Å². The monoisotopic (exact) mass is 284 g/mol. The first kappa shape index (κ1) is 12.8. The van der Waals surface area contributed by atoms with E-state index < -0.39 is 0 Å². The number of anilines is 1. The van der Waals surface area contributed by atoms with Crippen LogP contribution in [0.25, 0.3) is 0 Å². The number of hydrogen-bond acceptors (Lipinski definition) is 3. The molecule has 0 saturated heterocycles. The summed E-state index contributed by atoms with van der Waals surface area (Å²) in [6, 6.07) is 15.2. The van der Waals surface area contributed by atoms with Gasteiger partial charge in [-0.05, 0) is 48.0 Å². The van der Waals surface area contributed by atoms with Gasteiger partial charge in [0.25, 0.3) is 0 Å². The highest BCUT2D eigenvalue weighted by Crippen LogP contribution is 2.31. The van der Waals surface area contributed by atoms with Crippen LogP contribution in [0.3, 0.4) is 0 Å². The normalized spacial score (nSPS) is 16.1. The summed E-state index contributed by atoms with van der Waals surface area (Å²) in [4.78, 5) is 0. The number of nitriles is 1. The van der Waals surface area contributed by atoms with Crippen LogP contribution in [0, 0.1) is 11.3 Å². The summed E-state index contributed by atoms with van der Waals surface area (Å²) in [5.41, 5.74) is 2.81. The predicted molar refractivity (Wildman–Crippen MR) is 79.2 cm³/mol. The van der Waals surface area contributed by atoms with E-state index in [1.54, 1.807) is 12.1 Å². The molecule has 0 spiro atoms. The highest BCUT2D eigenvalue weighted by Gasteiger charge is 2.22. The fourth-order valence-electron chi connectivity index (χ4n) is 2.30. The van der Waals surface area contributed by atoms with Crippen molar-refractivity contribution in [3.05, 3.63) is 58.6 Å². The fraction of sp³-hybridized carbons (Fsp3) is 0.188. The Hall–Kier alpha value is -2.18. The molecule has 1 unspecified atom stereocenters. The van der Waals surface area contributed by atoms with E-state index in [2.05, 4.69) is 11.4 Å². The number of fused-ring (bicyclic) bond motifs is 1. The second-order valence-corrected chi connectivity index (χ2v) is 5.20. The molecule has 1 aliphatic heterocycles. The van der Waals surface area contributed by atoms with Crippen LogP contribution in [0.15, 0.2) is 42.5 Å². The quantitative estimate of drug-likeness (QED) is 0.936. The molecule has 0 aliphatic carbocycles. The first-order chi connectivity index (χ1) is 9.74. The number of hydrogen-bond donors (Lipinski definition) is 1. The molecule has 0 radical (unpaired) electrons. The summed E-state index contributed by atoms with van der Waals surface area (Å²) in [5, 5.41) is 12.8. The third kappa shape index (κ3) is 2.71. The fourth-order valence-corrected chi connectivity index (χ4v) is 2.49. The molecule has 100 valence electrons. The number of nitrogens with one attached hydrogen (secondary N) is 1. The molecular formula is C16H13ClN2O. The van der Waals surface area contributed by atoms with Crippen molar-refractivity contribution >= 4 is 17.3 Å². The Balaban J connectivity index is 1.59. The Labute approximate surface area is 122 Å². The van der Waals surface area contributed by atoms with Gasteiger partial charge >= 0.3 is 0 Å². The van der Waals surface area contributed by atoms with E-state index in [0.29, 0.717) is 5.56 Å². The van der Waals surface area contributed by atoms with Gasteiger partial charge in [0.1, 0.15) is 11.9 Å². The molecule has 4 heteroatoms. The second-order valence-electron chi connectivity index (χ2n) is 4.77. The average molecular weight is 285 g/mol. The van der Waals surface area contributed by atoms with Crippen LogP contribution in [-0.2, 0) is 6.42 Å². The van der Waals surface area contributed by atoms with Crippen molar-refractivity contribution < 1.29 is 4.74 Å². The van der Waals surface area contributed by atoms with Crippen molar-refractivity contribution in [2.45, 2.75) is 12.5 Å². The number of nitrogens with zero attached hydrogens (tertiary/aromatic N) is 1. The van der Waals surface area contributed by atoms with E-state index >= 15 is 0 Å². The van der Waals surface area contributed by atoms with Crippen LogP contribution < -0.4 is 10.1 Å². The number of halogens is 1. The Morgan fingerprint density at radius 3 is 2.80 bits per heavy atom. The smallest absolute Gasteiger partial charge is 0.123 e. The van der Waals surface area contributed by atoms with Crippen LogP contribution in [-0.4, -0.2) is 12.6 Å². The van der Waals surface area contributed by atoms with E-state index in [1.807, 2.05) is 30.3 Å². The zero-order valence-corrected chi connectivity index (χ0v) is 11.5. The van der Waals surface area contributed by atoms with Crippen molar-refractivity contribution in [3.63, 3.8) is 0 Å². The highest BCUT2D eigenvalue weighted by atomic mass is 35.5. The summed E-state index contributed by atoms with van der Waals surface area (Å²) in [6.07, 6.45) is 0.971. The molecule has 2 aromatic rings. The maximum absolute atomic E-state index is 8.75. The van der Waals surface area contributed by atoms with Gasteiger partial charge < -0.3 is 10.1 Å². The average Bonchev–Trinajstić information content (AvgIpc) is 2.87. The van der Waals surface area contributed by atoms with E-state index in [4.69, 9.17) is 21.6 Å². The lowest BCUT2D eigenvalue weighted by atomic mass is 10.1. The van der Waals surface area contributed by atoms with Crippen molar-refractivity contribution in [2.75, 3.05) is 11.9 Å². The van der Waals surface area contributed by atoms with E-state index in [9.17, 15) is 0 Å². The summed E-state index contributed by atoms with van der Waals surface area (Å²) < 4.78 is 5.86. The topological polar surface area (TPSA) is 45.0 Å². The van der Waals surface area contributed by atoms with Gasteiger partial charge in [-0.25, -0.2) is 0 Å². The summed E-state index contributed by atoms with van der Waals surface area (Å²) in [5.74, 6) is 0.918. The SMILES string of the molecule is N#Cc1ccc(NCC2Cc3cc(Cl)ccc3O2)cc1. The maximum atomic E-state index is 8.75. The second kappa shape index (κ2) is 5.44. The molecule has 0 saturated carbocycles. The molecule has 1 atom stereocenters. The third-order valence-corrected chi connectivity index (χ3v) is 3.55. The lowest BCUT2D eigenvalue weighted by Crippen LogP contribution is -2.23. The van der Waals surface area contributed by atoms with Gasteiger partial charge in [0.05, 0.1) is 18.2 Å². The number of benzene rings is 2. The minimum atomic E-state index is 0.110. The van der Waals surface area contributed by atoms with Crippen LogP contribution in [0.4, 0.5) is 5.69 Å². The van der Waals surface area contributed by atoms with Gasteiger partial charge in [0.15, 0.2) is 0 Å². The first-order valence-corrected chi connectivity index (χ1v) is 6.81. The molecular weight excluding hydrogens is 272 g/mol. The minimum Gasteiger partial charge on any atom is -0.488 e. The molecule has 3 nitrogen and oxygen atoms in total. The molecule has 0 amide bonds. The largest absolute Gasteiger partial charge is 0.488 e. The van der Waals surface area contributed by atoms with Crippen molar-refractivity contribution in [3.8, 4) is 11.8 Å². The van der Waals surface area contributed by atoms with Crippen molar-refractivity contribution in [1.82, 2.24) is 0 Å². The molecule has 2 aromatic carbocycles. The molecule has 0 fully saturated rings. The summed E-state index contributed by atoms with van der Waals surface area (Å²) in [6.45, 7) is 0.720. The Morgan fingerprint density at radius 1 is 1.25 bits per heavy atom. The van der Waals surface area contributed by atoms with Crippen LogP contribution in [0.2, 0.25) is 5.02 Å². The van der Waals surface area contributed by atoms with Crippen molar-refractivity contribution in [1.29, 1.82) is 5.26 Å². The zero-order valence-electron chi connectivity index (χ0n) is 10.8. The Morgan fingerprint density at radius 2 is 2.05 bits per heavy atom. The first-order valence-electron chi connectivity index (χ1n) is 6.44. The molecule has 1 N–H and O–H groups in total. The van der Waals surface area contributed by atoms with Gasteiger partial charge in [0, 0.05) is 17.1 Å². The molecule has 1 heterocycles. The standard InChI is InChI=1S/C16H13ClN2O/c17-13-3-6-16-12(7-13)8-15(20-16)10-19-14-4-1-11(9-18)2-5-14/h1-7,15,19H,8,10H2. The van der Waals surface area contributed by atoms with Gasteiger partial charge in [-0.15, -0.1) is 0 Å². The Bertz CT molecular complexity index is 661. The zero-order chi connectivity index (χ0) is 13.9. The molecule has 0 bridgehead atoms. The lowest BCUT2D eigenvalue weighted by molar-refractivity contribution is 0.246. The van der Waals surface area contributed by atoms with Crippen LogP contribution >= 0.6 is 11.6 Å². The Kier molecular flexibility index (Phi) is 3.49. The molecule has 1 aliphatic rings. The molecule has 3 rings (SSSR count). The van der Waals surface area contributed by atoms with Gasteiger partial charge in [-0.3, -0.25) is 0 Å². The number of rotatable bonds is 3. The predicted octanol–water partition coefficient (Wildman–Crippen LogP) is 3.63.